The van der Waals surface area contributed by atoms with Crippen molar-refractivity contribution in [1.29, 1.82) is 5.26 Å². The fourth-order valence-electron chi connectivity index (χ4n) is 3.22. The van der Waals surface area contributed by atoms with Crippen molar-refractivity contribution in [3.63, 3.8) is 0 Å². The van der Waals surface area contributed by atoms with Gasteiger partial charge in [0.15, 0.2) is 5.60 Å². The number of pyridine rings is 1. The Kier molecular flexibility index (Phi) is 4.05. The van der Waals surface area contributed by atoms with Crippen molar-refractivity contribution in [1.82, 2.24) is 10.3 Å². The number of anilines is 1. The zero-order valence-electron chi connectivity index (χ0n) is 14.0. The van der Waals surface area contributed by atoms with Gasteiger partial charge in [0.1, 0.15) is 23.4 Å². The van der Waals surface area contributed by atoms with Gasteiger partial charge in [-0.05, 0) is 24.3 Å². The van der Waals surface area contributed by atoms with E-state index in [9.17, 15) is 4.79 Å². The van der Waals surface area contributed by atoms with Gasteiger partial charge in [0, 0.05) is 25.6 Å². The molecule has 2 aliphatic heterocycles. The van der Waals surface area contributed by atoms with Crippen molar-refractivity contribution in [2.45, 2.75) is 25.0 Å². The van der Waals surface area contributed by atoms with Crippen molar-refractivity contribution in [3.8, 4) is 6.07 Å². The fourth-order valence-corrected chi connectivity index (χ4v) is 3.22. The highest BCUT2D eigenvalue weighted by atomic mass is 16.7. The largest absolute Gasteiger partial charge is 0.467 e. The highest BCUT2D eigenvalue weighted by Crippen LogP contribution is 2.35. The fraction of sp³-hybridized carbons (Fsp3) is 0.333. The van der Waals surface area contributed by atoms with Gasteiger partial charge in [-0.15, -0.1) is 0 Å². The number of rotatable bonds is 4. The Labute approximate surface area is 150 Å². The first-order valence-electron chi connectivity index (χ1n) is 8.34. The zero-order valence-corrected chi connectivity index (χ0v) is 14.0. The summed E-state index contributed by atoms with van der Waals surface area (Å²) in [5.41, 5.74) is 0.428. The van der Waals surface area contributed by atoms with Crippen LogP contribution in [0, 0.1) is 11.3 Å². The van der Waals surface area contributed by atoms with Gasteiger partial charge in [-0.25, -0.2) is 4.98 Å². The van der Waals surface area contributed by atoms with Crippen molar-refractivity contribution in [3.05, 3.63) is 48.0 Å². The lowest BCUT2D eigenvalue weighted by Crippen LogP contribution is -2.37. The molecule has 0 saturated carbocycles. The van der Waals surface area contributed by atoms with Gasteiger partial charge in [0.25, 0.3) is 5.91 Å². The molecule has 1 fully saturated rings. The second-order valence-electron chi connectivity index (χ2n) is 6.44. The summed E-state index contributed by atoms with van der Waals surface area (Å²) in [5, 5.41) is 15.7. The molecule has 1 N–H and O–H groups in total. The van der Waals surface area contributed by atoms with Gasteiger partial charge in [-0.1, -0.05) is 5.16 Å². The summed E-state index contributed by atoms with van der Waals surface area (Å²) >= 11 is 0. The average Bonchev–Trinajstić information content (AvgIpc) is 3.42. The lowest BCUT2D eigenvalue weighted by molar-refractivity contribution is -0.115. The summed E-state index contributed by atoms with van der Waals surface area (Å²) < 4.78 is 5.20. The number of nitrogens with zero attached hydrogens (tertiary/aromatic N) is 4. The van der Waals surface area contributed by atoms with Crippen LogP contribution >= 0.6 is 0 Å². The quantitative estimate of drug-likeness (QED) is 0.897. The highest BCUT2D eigenvalue weighted by Gasteiger charge is 2.47. The summed E-state index contributed by atoms with van der Waals surface area (Å²) in [6.45, 7) is 1.68. The van der Waals surface area contributed by atoms with Crippen LogP contribution < -0.4 is 10.2 Å². The van der Waals surface area contributed by atoms with Crippen LogP contribution in [0.5, 0.6) is 0 Å². The van der Waals surface area contributed by atoms with Crippen LogP contribution in [-0.2, 0) is 16.2 Å². The molecule has 0 radical (unpaired) electrons. The maximum Gasteiger partial charge on any atom is 0.269 e. The minimum Gasteiger partial charge on any atom is -0.467 e. The predicted molar refractivity (Wildman–Crippen MR) is 92.2 cm³/mol. The molecule has 4 rings (SSSR count). The van der Waals surface area contributed by atoms with Crippen molar-refractivity contribution in [2.75, 3.05) is 18.0 Å². The van der Waals surface area contributed by atoms with Crippen molar-refractivity contribution >= 4 is 17.4 Å². The molecule has 1 unspecified atom stereocenters. The minimum atomic E-state index is -0.493. The van der Waals surface area contributed by atoms with Gasteiger partial charge >= 0.3 is 0 Å². The number of furan rings is 1. The third-order valence-corrected chi connectivity index (χ3v) is 4.62. The summed E-state index contributed by atoms with van der Waals surface area (Å²) in [6, 6.07) is 9.20. The summed E-state index contributed by atoms with van der Waals surface area (Å²) in [7, 11) is 0. The van der Waals surface area contributed by atoms with E-state index >= 15 is 0 Å². The molecule has 1 spiro atoms. The van der Waals surface area contributed by atoms with Gasteiger partial charge in [-0.2, -0.15) is 5.26 Å². The first-order valence-corrected chi connectivity index (χ1v) is 8.34. The SMILES string of the molecule is N#Cc1ccc(N2CCC3(CC(C(=O)NCc4ccco4)=NO3)C2)nc1. The van der Waals surface area contributed by atoms with Crippen LogP contribution in [0.3, 0.4) is 0 Å². The topological polar surface area (TPSA) is 104 Å². The molecule has 2 aromatic heterocycles. The first-order chi connectivity index (χ1) is 12.7. The number of nitrogens with one attached hydrogen (secondary N) is 1. The number of carbonyl (C=O) groups is 1. The van der Waals surface area contributed by atoms with Gasteiger partial charge in [-0.3, -0.25) is 4.79 Å². The molecule has 2 aliphatic rings. The van der Waals surface area contributed by atoms with Gasteiger partial charge in [0.2, 0.25) is 0 Å². The van der Waals surface area contributed by atoms with E-state index in [-0.39, 0.29) is 5.91 Å². The van der Waals surface area contributed by atoms with Crippen molar-refractivity contribution < 1.29 is 14.0 Å². The van der Waals surface area contributed by atoms with Gasteiger partial charge in [0.05, 0.1) is 24.9 Å². The molecule has 2 aromatic rings. The van der Waals surface area contributed by atoms with E-state index in [0.717, 1.165) is 18.8 Å². The number of carbonyl (C=O) groups excluding carboxylic acids is 1. The van der Waals surface area contributed by atoms with Crippen LogP contribution in [0.1, 0.15) is 24.2 Å². The Bertz CT molecular complexity index is 869. The first kappa shape index (κ1) is 16.1. The molecule has 0 aromatic carbocycles. The Balaban J connectivity index is 1.35. The summed E-state index contributed by atoms with van der Waals surface area (Å²) in [6.07, 6.45) is 4.34. The van der Waals surface area contributed by atoms with Crippen molar-refractivity contribution in [2.24, 2.45) is 5.16 Å². The summed E-state index contributed by atoms with van der Waals surface area (Å²) in [4.78, 5) is 24.3. The number of hydrogen-bond donors (Lipinski definition) is 1. The second kappa shape index (κ2) is 6.52. The average molecular weight is 351 g/mol. The zero-order chi connectivity index (χ0) is 18.0. The van der Waals surface area contributed by atoms with E-state index in [0.29, 0.717) is 36.5 Å². The molecule has 1 amide bonds. The Morgan fingerprint density at radius 1 is 1.42 bits per heavy atom. The van der Waals surface area contributed by atoms with Crippen LogP contribution in [0.25, 0.3) is 0 Å². The number of amides is 1. The van der Waals surface area contributed by atoms with E-state index in [1.54, 1.807) is 30.7 Å². The van der Waals surface area contributed by atoms with E-state index in [1.807, 2.05) is 6.07 Å². The van der Waals surface area contributed by atoms with E-state index in [1.165, 1.54) is 0 Å². The molecular weight excluding hydrogens is 334 g/mol. The molecule has 1 atom stereocenters. The molecule has 26 heavy (non-hydrogen) atoms. The van der Waals surface area contributed by atoms with Crippen LogP contribution in [0.4, 0.5) is 5.82 Å². The standard InChI is InChI=1S/C18H17N5O3/c19-9-13-3-4-16(20-10-13)23-6-5-18(12-23)8-15(22-26-18)17(24)21-11-14-2-1-7-25-14/h1-4,7,10H,5-6,8,11-12H2,(H,21,24). The molecule has 8 nitrogen and oxygen atoms in total. The normalized spacial score (nSPS) is 21.3. The smallest absolute Gasteiger partial charge is 0.269 e. The van der Waals surface area contributed by atoms with Crippen LogP contribution in [0.2, 0.25) is 0 Å². The van der Waals surface area contributed by atoms with E-state index in [4.69, 9.17) is 14.5 Å². The monoisotopic (exact) mass is 351 g/mol. The maximum absolute atomic E-state index is 12.3. The number of hydrogen-bond acceptors (Lipinski definition) is 7. The van der Waals surface area contributed by atoms with E-state index in [2.05, 4.69) is 26.4 Å². The molecule has 1 saturated heterocycles. The van der Waals surface area contributed by atoms with Gasteiger partial charge < -0.3 is 19.5 Å². The Morgan fingerprint density at radius 3 is 3.08 bits per heavy atom. The van der Waals surface area contributed by atoms with Crippen LogP contribution in [0.15, 0.2) is 46.3 Å². The molecule has 8 heteroatoms. The Hall–Kier alpha value is -3.34. The molecule has 0 bridgehead atoms. The number of oxime groups is 1. The molecule has 0 aliphatic carbocycles. The number of nitriles is 1. The maximum atomic E-state index is 12.3. The third-order valence-electron chi connectivity index (χ3n) is 4.62. The van der Waals surface area contributed by atoms with E-state index < -0.39 is 5.60 Å². The van der Waals surface area contributed by atoms with Crippen LogP contribution in [-0.4, -0.2) is 35.3 Å². The highest BCUT2D eigenvalue weighted by molar-refractivity contribution is 6.39. The third kappa shape index (κ3) is 3.11. The molecular formula is C18H17N5O3. The molecule has 4 heterocycles. The summed E-state index contributed by atoms with van der Waals surface area (Å²) in [5.74, 6) is 1.24. The number of aromatic nitrogens is 1. The Morgan fingerprint density at radius 2 is 2.35 bits per heavy atom. The minimum absolute atomic E-state index is 0.242. The lowest BCUT2D eigenvalue weighted by atomic mass is 9.96. The molecule has 132 valence electrons. The lowest BCUT2D eigenvalue weighted by Gasteiger charge is -2.22. The second-order valence-corrected chi connectivity index (χ2v) is 6.44. The predicted octanol–water partition coefficient (Wildman–Crippen LogP) is 1.59.